The van der Waals surface area contributed by atoms with Gasteiger partial charge in [-0.2, -0.15) is 0 Å². The molecule has 0 bridgehead atoms. The maximum atomic E-state index is 10.4. The van der Waals surface area contributed by atoms with Gasteiger partial charge in [0.1, 0.15) is 5.82 Å². The Bertz CT molecular complexity index is 591. The van der Waals surface area contributed by atoms with Crippen LogP contribution >= 0.6 is 0 Å². The van der Waals surface area contributed by atoms with Gasteiger partial charge in [0.2, 0.25) is 0 Å². The Morgan fingerprint density at radius 2 is 1.72 bits per heavy atom. The van der Waals surface area contributed by atoms with Crippen LogP contribution in [0.2, 0.25) is 0 Å². The maximum absolute atomic E-state index is 10.4. The second kappa shape index (κ2) is 21.7. The number of hydrogen-bond acceptors (Lipinski definition) is 7. The number of esters is 1. The summed E-state index contributed by atoms with van der Waals surface area (Å²) in [6.45, 7) is 9.71. The SMILES string of the molecule is CC[O-].Nc1cc(=O)[15nH][13c](=O)[15nH]1.[15NH2][13C]([15NH2])=O.[C-]#[N+]CC(=O)OCC.[Na+]. The average Bonchev–Trinajstić information content (AvgIpc) is 2.38. The van der Waals surface area contributed by atoms with E-state index in [4.69, 9.17) is 22.2 Å². The molecule has 1 aromatic rings. The standard InChI is InChI=1S/C5H7NO2.C4H5N3O2.C2H5O.CH4N2O.Na/c1-3-8-5(7)4-6-2;5-2-1-3(8)7-4(9)6-2;1-2-3;2-1(3)4;/h3-4H2,1H3;1H,(H4,5,6,7,8,9);2H2,1H3;(H4,2,3,4);/q;;-1;;+1/i;4+1,6+1,7+1;;1+1,2+1,3+1;. The summed E-state index contributed by atoms with van der Waals surface area (Å²) >= 11 is 0. The van der Waals surface area contributed by atoms with Gasteiger partial charge in [0.25, 0.3) is 5.56 Å². The fraction of sp³-hybridized carbons (Fsp3) is 0.417. The quantitative estimate of drug-likeness (QED) is 0.111. The third-order valence-corrected chi connectivity index (χ3v) is 1.29. The molecule has 8 N–H and O–H groups in total. The number of nitrogens with zero attached hydrogens (tertiary/aromatic N) is 1. The van der Waals surface area contributed by atoms with Crippen molar-refractivity contribution in [1.29, 1.82) is 0 Å². The van der Waals surface area contributed by atoms with E-state index >= 15 is 0 Å². The van der Waals surface area contributed by atoms with Crippen molar-refractivity contribution in [2.24, 2.45) is 11.5 Å². The second-order valence-corrected chi connectivity index (χ2v) is 3.36. The van der Waals surface area contributed by atoms with Gasteiger partial charge in [-0.05, 0) is 6.92 Å². The van der Waals surface area contributed by atoms with Gasteiger partial charge in [-0.1, -0.05) is 6.92 Å². The second-order valence-electron chi connectivity index (χ2n) is 3.36. The Kier molecular flexibility index (Phi) is 26.5. The summed E-state index contributed by atoms with van der Waals surface area (Å²) < 4.78 is 4.43. The number of amides is 2. The first-order chi connectivity index (χ1) is 11.1. The minimum atomic E-state index is -0.833. The predicted molar refractivity (Wildman–Crippen MR) is 84.5 cm³/mol. The zero-order valence-electron chi connectivity index (χ0n) is 14.3. The number of aromatic nitrogens is 2. The van der Waals surface area contributed by atoms with Gasteiger partial charge >= 0.3 is 53.8 Å². The summed E-state index contributed by atoms with van der Waals surface area (Å²) in [6.07, 6.45) is 0. The number of carbonyl (C=O) groups is 2. The third-order valence-electron chi connectivity index (χ3n) is 1.29. The van der Waals surface area contributed by atoms with Crippen LogP contribution < -0.4 is 63.1 Å². The molecule has 136 valence electrons. The van der Waals surface area contributed by atoms with E-state index in [1.54, 1.807) is 13.8 Å². The van der Waals surface area contributed by atoms with Crippen LogP contribution in [0.1, 0.15) is 13.8 Å². The first kappa shape index (κ1) is 30.5. The molecule has 0 aliphatic heterocycles. The Hall–Kier alpha value is -2.33. The number of H-pyrrole nitrogens is 2. The smallest absolute Gasteiger partial charge is 0.855 e. The molecule has 13 heteroatoms. The summed E-state index contributed by atoms with van der Waals surface area (Å²) in [5.74, 6) is -0.369. The number of primary amides is 2. The van der Waals surface area contributed by atoms with Crippen LogP contribution in [0.15, 0.2) is 15.7 Å². The fourth-order valence-electron chi connectivity index (χ4n) is 0.759. The molecule has 0 aromatic carbocycles. The average molecular weight is 374 g/mol. The van der Waals surface area contributed by atoms with Crippen molar-refractivity contribution in [1.82, 2.24) is 9.97 Å². The fourth-order valence-corrected chi connectivity index (χ4v) is 0.759. The van der Waals surface area contributed by atoms with Crippen LogP contribution in [-0.4, -0.2) is 41.7 Å². The molecule has 1 rings (SSSR count). The minimum absolute atomic E-state index is 0. The van der Waals surface area contributed by atoms with E-state index in [1.165, 1.54) is 0 Å². The molecule has 0 spiro atoms. The molecule has 0 fully saturated rings. The van der Waals surface area contributed by atoms with Gasteiger partial charge in [0, 0.05) is 6.07 Å². The molecule has 0 radical (unpaired) electrons. The van der Waals surface area contributed by atoms with E-state index < -0.39 is 23.2 Å². The molecule has 0 saturated carbocycles. The van der Waals surface area contributed by atoms with E-state index in [0.717, 1.165) is 6.07 Å². The molecule has 0 atom stereocenters. The molecule has 0 aliphatic rings. The summed E-state index contributed by atoms with van der Waals surface area (Å²) in [7, 11) is 0. The van der Waals surface area contributed by atoms with Crippen molar-refractivity contribution in [3.63, 3.8) is 0 Å². The van der Waals surface area contributed by atoms with Crippen LogP contribution in [-0.2, 0) is 9.53 Å². The van der Waals surface area contributed by atoms with Gasteiger partial charge in [-0.15, -0.1) is 6.61 Å². The number of carbonyl (C=O) groups excluding carboxylic acids is 2. The first-order valence-corrected chi connectivity index (χ1v) is 6.35. The van der Waals surface area contributed by atoms with E-state index in [0.29, 0.717) is 6.61 Å². The molecule has 1 aromatic heterocycles. The van der Waals surface area contributed by atoms with E-state index in [-0.39, 0.29) is 48.5 Å². The van der Waals surface area contributed by atoms with Crippen molar-refractivity contribution in [3.05, 3.63) is 38.3 Å². The number of aromatic amines is 2. The van der Waals surface area contributed by atoms with Crippen LogP contribution in [0.3, 0.4) is 0 Å². The Morgan fingerprint density at radius 1 is 1.28 bits per heavy atom. The molecule has 1 heterocycles. The number of nitrogens with two attached hydrogens (primary N) is 3. The third kappa shape index (κ3) is 34.1. The molecule has 0 unspecified atom stereocenters. The molecular formula is C12H21N6NaO6. The van der Waals surface area contributed by atoms with Crippen molar-refractivity contribution in [3.8, 4) is 0 Å². The Morgan fingerprint density at radius 3 is 2.00 bits per heavy atom. The van der Waals surface area contributed by atoms with Gasteiger partial charge in [-0.25, -0.2) is 21.0 Å². The van der Waals surface area contributed by atoms with Crippen LogP contribution in [0.5, 0.6) is 0 Å². The summed E-state index contributed by atoms with van der Waals surface area (Å²) in [5.41, 5.74) is 12.5. The number of nitrogen functional groups attached to an aromatic ring is 1. The zero-order valence-corrected chi connectivity index (χ0v) is 16.3. The van der Waals surface area contributed by atoms with Crippen molar-refractivity contribution in [2.75, 3.05) is 25.5 Å². The summed E-state index contributed by atoms with van der Waals surface area (Å²) in [6, 6.07) is 0.265. The number of nitrogens with one attached hydrogen (secondary N) is 2. The topological polar surface area (TPSA) is 215 Å². The summed E-state index contributed by atoms with van der Waals surface area (Å²) in [4.78, 5) is 46.9. The van der Waals surface area contributed by atoms with Crippen molar-refractivity contribution < 1.29 is 49.0 Å². The summed E-state index contributed by atoms with van der Waals surface area (Å²) in [5, 5.41) is 8.93. The molecule has 12 nitrogen and oxygen atoms in total. The number of anilines is 1. The minimum Gasteiger partial charge on any atom is -0.855 e. The van der Waals surface area contributed by atoms with Crippen LogP contribution in [0.4, 0.5) is 10.6 Å². The zero-order chi connectivity index (χ0) is 19.5. The number of ether oxygens (including phenoxy) is 1. The van der Waals surface area contributed by atoms with Crippen molar-refractivity contribution in [2.45, 2.75) is 13.8 Å². The first-order valence-electron chi connectivity index (χ1n) is 6.35. The molecule has 0 saturated heterocycles. The van der Waals surface area contributed by atoms with Gasteiger partial charge < -0.3 is 31.9 Å². The maximum Gasteiger partial charge on any atom is 1.00 e. The normalized spacial score (nSPS) is 7.44. The number of urea groups is 1. The predicted octanol–water partition coefficient (Wildman–Crippen LogP) is -5.49. The van der Waals surface area contributed by atoms with E-state index in [1.807, 2.05) is 4.98 Å². The van der Waals surface area contributed by atoms with Gasteiger partial charge in [0.15, 0.2) is 0 Å². The Balaban J connectivity index is -0.000000127. The van der Waals surface area contributed by atoms with Crippen LogP contribution in [0.25, 0.3) is 4.85 Å². The molecule has 0 aliphatic carbocycles. The van der Waals surface area contributed by atoms with Gasteiger partial charge in [-0.3, -0.25) is 14.8 Å². The Labute approximate surface area is 165 Å². The monoisotopic (exact) mass is 374 g/mol. The van der Waals surface area contributed by atoms with Crippen LogP contribution in [0, 0.1) is 6.57 Å². The molecule has 2 amide bonds. The van der Waals surface area contributed by atoms with E-state index in [2.05, 4.69) is 26.0 Å². The largest absolute Gasteiger partial charge is 1.00 e. The van der Waals surface area contributed by atoms with Gasteiger partial charge in [0.05, 0.1) is 6.61 Å². The van der Waals surface area contributed by atoms with Crippen molar-refractivity contribution >= 4 is 17.8 Å². The number of hydrogen-bond donors (Lipinski definition) is 5. The van der Waals surface area contributed by atoms with E-state index in [9.17, 15) is 14.4 Å². The molecular weight excluding hydrogens is 353 g/mol. The number of rotatable bonds is 2. The molecule has 25 heavy (non-hydrogen) atoms.